The van der Waals surface area contributed by atoms with Crippen LogP contribution in [-0.4, -0.2) is 5.91 Å². The number of hydrogen-bond donors (Lipinski definition) is 2. The van der Waals surface area contributed by atoms with Crippen LogP contribution in [-0.2, 0) is 4.79 Å². The summed E-state index contributed by atoms with van der Waals surface area (Å²) >= 11 is 0. The quantitative estimate of drug-likeness (QED) is 0.801. The molecule has 0 aliphatic heterocycles. The summed E-state index contributed by atoms with van der Waals surface area (Å²) in [5.74, 6) is 0.556. The second-order valence-corrected chi connectivity index (χ2v) is 6.12. The molecule has 3 heteroatoms. The summed E-state index contributed by atoms with van der Waals surface area (Å²) in [6, 6.07) is 16.2. The van der Waals surface area contributed by atoms with Gasteiger partial charge in [0, 0.05) is 23.0 Å². The zero-order valence-electron chi connectivity index (χ0n) is 13.7. The molecule has 1 amide bonds. The third kappa shape index (κ3) is 4.35. The number of carbonyl (C=O) groups is 1. The molecule has 0 atom stereocenters. The fourth-order valence-electron chi connectivity index (χ4n) is 2.04. The lowest BCUT2D eigenvalue weighted by atomic mass is 10.0. The van der Waals surface area contributed by atoms with Crippen LogP contribution in [0, 0.1) is 5.92 Å². The molecule has 0 saturated carbocycles. The molecule has 0 unspecified atom stereocenters. The van der Waals surface area contributed by atoms with E-state index < -0.39 is 0 Å². The molecular weight excluding hydrogens is 272 g/mol. The first-order valence-corrected chi connectivity index (χ1v) is 7.73. The summed E-state index contributed by atoms with van der Waals surface area (Å²) in [4.78, 5) is 11.6. The van der Waals surface area contributed by atoms with Crippen LogP contribution in [0.1, 0.15) is 39.2 Å². The highest BCUT2D eigenvalue weighted by Gasteiger charge is 2.06. The van der Waals surface area contributed by atoms with Gasteiger partial charge in [0.15, 0.2) is 0 Å². The molecule has 0 bridgehead atoms. The number of nitrogens with one attached hydrogen (secondary N) is 2. The Kier molecular flexibility index (Phi) is 5.21. The van der Waals surface area contributed by atoms with Gasteiger partial charge in [-0.1, -0.05) is 39.8 Å². The van der Waals surface area contributed by atoms with Gasteiger partial charge in [-0.25, -0.2) is 0 Å². The summed E-state index contributed by atoms with van der Waals surface area (Å²) in [6.07, 6.45) is 0. The van der Waals surface area contributed by atoms with Crippen LogP contribution >= 0.6 is 0 Å². The predicted molar refractivity (Wildman–Crippen MR) is 93.7 cm³/mol. The standard InChI is InChI=1S/C19H24N2O/c1-13(2)15-5-7-16(8-6-15)20-17-9-11-18(12-10-17)21-19(22)14(3)4/h5-14,20H,1-4H3,(H,21,22). The maximum Gasteiger partial charge on any atom is 0.226 e. The van der Waals surface area contributed by atoms with E-state index in [4.69, 9.17) is 0 Å². The Bertz CT molecular complexity index is 613. The van der Waals surface area contributed by atoms with Gasteiger partial charge < -0.3 is 10.6 Å². The van der Waals surface area contributed by atoms with Crippen LogP contribution in [0.2, 0.25) is 0 Å². The predicted octanol–water partition coefficient (Wildman–Crippen LogP) is 5.15. The van der Waals surface area contributed by atoms with Crippen molar-refractivity contribution in [1.82, 2.24) is 0 Å². The topological polar surface area (TPSA) is 41.1 Å². The molecule has 116 valence electrons. The van der Waals surface area contributed by atoms with E-state index in [9.17, 15) is 4.79 Å². The maximum atomic E-state index is 11.6. The molecule has 0 aliphatic rings. The van der Waals surface area contributed by atoms with Gasteiger partial charge in [-0.2, -0.15) is 0 Å². The summed E-state index contributed by atoms with van der Waals surface area (Å²) in [5, 5.41) is 6.25. The monoisotopic (exact) mass is 296 g/mol. The van der Waals surface area contributed by atoms with Crippen LogP contribution in [0.3, 0.4) is 0 Å². The number of hydrogen-bond acceptors (Lipinski definition) is 2. The molecule has 2 aromatic carbocycles. The van der Waals surface area contributed by atoms with Crippen LogP contribution in [0.15, 0.2) is 48.5 Å². The van der Waals surface area contributed by atoms with Crippen molar-refractivity contribution in [2.45, 2.75) is 33.6 Å². The van der Waals surface area contributed by atoms with Crippen LogP contribution in [0.5, 0.6) is 0 Å². The minimum Gasteiger partial charge on any atom is -0.356 e. The molecule has 2 rings (SSSR count). The zero-order valence-corrected chi connectivity index (χ0v) is 13.7. The number of benzene rings is 2. The van der Waals surface area contributed by atoms with Gasteiger partial charge in [0.05, 0.1) is 0 Å². The number of carbonyl (C=O) groups excluding carboxylic acids is 1. The number of amides is 1. The van der Waals surface area contributed by atoms with Gasteiger partial charge in [0.1, 0.15) is 0 Å². The lowest BCUT2D eigenvalue weighted by Crippen LogP contribution is -2.17. The molecular formula is C19H24N2O. The van der Waals surface area contributed by atoms with E-state index in [2.05, 4.69) is 48.7 Å². The van der Waals surface area contributed by atoms with Crippen LogP contribution < -0.4 is 10.6 Å². The zero-order chi connectivity index (χ0) is 16.1. The van der Waals surface area contributed by atoms with Gasteiger partial charge in [-0.15, -0.1) is 0 Å². The van der Waals surface area contributed by atoms with E-state index in [1.54, 1.807) is 0 Å². The molecule has 0 radical (unpaired) electrons. The van der Waals surface area contributed by atoms with Crippen molar-refractivity contribution in [2.75, 3.05) is 10.6 Å². The molecule has 2 aromatic rings. The van der Waals surface area contributed by atoms with Gasteiger partial charge >= 0.3 is 0 Å². The molecule has 22 heavy (non-hydrogen) atoms. The van der Waals surface area contributed by atoms with Gasteiger partial charge in [-0.3, -0.25) is 4.79 Å². The molecule has 0 aromatic heterocycles. The molecule has 0 saturated heterocycles. The highest BCUT2D eigenvalue weighted by atomic mass is 16.1. The summed E-state index contributed by atoms with van der Waals surface area (Å²) in [5.41, 5.74) is 4.21. The highest BCUT2D eigenvalue weighted by Crippen LogP contribution is 2.22. The van der Waals surface area contributed by atoms with Crippen molar-refractivity contribution in [3.63, 3.8) is 0 Å². The van der Waals surface area contributed by atoms with Crippen molar-refractivity contribution in [1.29, 1.82) is 0 Å². The molecule has 0 spiro atoms. The summed E-state index contributed by atoms with van der Waals surface area (Å²) in [6.45, 7) is 8.14. The minimum absolute atomic E-state index is 0.0164. The van der Waals surface area contributed by atoms with Gasteiger partial charge in [0.25, 0.3) is 0 Å². The van der Waals surface area contributed by atoms with Gasteiger partial charge in [-0.05, 0) is 47.9 Å². The fraction of sp³-hybridized carbons (Fsp3) is 0.316. The molecule has 3 nitrogen and oxygen atoms in total. The second kappa shape index (κ2) is 7.12. The van der Waals surface area contributed by atoms with E-state index in [0.29, 0.717) is 5.92 Å². The lowest BCUT2D eigenvalue weighted by Gasteiger charge is -2.11. The van der Waals surface area contributed by atoms with E-state index >= 15 is 0 Å². The Hall–Kier alpha value is -2.29. The van der Waals surface area contributed by atoms with Crippen molar-refractivity contribution in [3.05, 3.63) is 54.1 Å². The first kappa shape index (κ1) is 16.1. The van der Waals surface area contributed by atoms with Crippen molar-refractivity contribution in [3.8, 4) is 0 Å². The minimum atomic E-state index is -0.0164. The van der Waals surface area contributed by atoms with Crippen LogP contribution in [0.25, 0.3) is 0 Å². The Balaban J connectivity index is 2.00. The van der Waals surface area contributed by atoms with Gasteiger partial charge in [0.2, 0.25) is 5.91 Å². The van der Waals surface area contributed by atoms with Crippen molar-refractivity contribution < 1.29 is 4.79 Å². The Morgan fingerprint density at radius 3 is 1.68 bits per heavy atom. The Labute approximate surface area is 132 Å². The highest BCUT2D eigenvalue weighted by molar-refractivity contribution is 5.92. The Morgan fingerprint density at radius 1 is 0.773 bits per heavy atom. The van der Waals surface area contributed by atoms with E-state index in [0.717, 1.165) is 17.1 Å². The maximum absolute atomic E-state index is 11.6. The third-order valence-electron chi connectivity index (χ3n) is 3.54. The van der Waals surface area contributed by atoms with E-state index in [1.165, 1.54) is 5.56 Å². The van der Waals surface area contributed by atoms with E-state index in [-0.39, 0.29) is 11.8 Å². The Morgan fingerprint density at radius 2 is 1.23 bits per heavy atom. The fourth-order valence-corrected chi connectivity index (χ4v) is 2.04. The molecule has 0 aliphatic carbocycles. The second-order valence-electron chi connectivity index (χ2n) is 6.12. The lowest BCUT2D eigenvalue weighted by molar-refractivity contribution is -0.118. The normalized spacial score (nSPS) is 10.8. The molecule has 0 fully saturated rings. The average molecular weight is 296 g/mol. The SMILES string of the molecule is CC(C)C(=O)Nc1ccc(Nc2ccc(C(C)C)cc2)cc1. The number of rotatable bonds is 5. The summed E-state index contributed by atoms with van der Waals surface area (Å²) < 4.78 is 0. The first-order valence-electron chi connectivity index (χ1n) is 7.73. The van der Waals surface area contributed by atoms with Crippen LogP contribution in [0.4, 0.5) is 17.1 Å². The van der Waals surface area contributed by atoms with Crippen molar-refractivity contribution in [2.24, 2.45) is 5.92 Å². The first-order chi connectivity index (χ1) is 10.5. The smallest absolute Gasteiger partial charge is 0.226 e. The molecule has 0 heterocycles. The number of anilines is 3. The van der Waals surface area contributed by atoms with E-state index in [1.807, 2.05) is 38.1 Å². The summed E-state index contributed by atoms with van der Waals surface area (Å²) in [7, 11) is 0. The van der Waals surface area contributed by atoms with Crippen molar-refractivity contribution >= 4 is 23.0 Å². The average Bonchev–Trinajstić information content (AvgIpc) is 2.49. The largest absolute Gasteiger partial charge is 0.356 e. The molecule has 2 N–H and O–H groups in total. The third-order valence-corrected chi connectivity index (χ3v) is 3.54.